The van der Waals surface area contributed by atoms with Crippen LogP contribution < -0.4 is 4.74 Å². The van der Waals surface area contributed by atoms with Crippen molar-refractivity contribution < 1.29 is 14.6 Å². The molecule has 0 aliphatic rings. The van der Waals surface area contributed by atoms with E-state index in [0.717, 1.165) is 12.2 Å². The maximum Gasteiger partial charge on any atom is 0.358 e. The zero-order chi connectivity index (χ0) is 15.2. The van der Waals surface area contributed by atoms with E-state index in [1.165, 1.54) is 16.4 Å². The van der Waals surface area contributed by atoms with E-state index < -0.39 is 5.97 Å². The molecule has 1 aromatic heterocycles. The van der Waals surface area contributed by atoms with E-state index in [1.54, 1.807) is 0 Å². The minimum Gasteiger partial charge on any atom is -0.491 e. The first-order chi connectivity index (χ1) is 10.1. The first-order valence-corrected chi connectivity index (χ1v) is 6.97. The number of hydrogen-bond acceptors (Lipinski definition) is 4. The summed E-state index contributed by atoms with van der Waals surface area (Å²) < 4.78 is 7.27. The molecule has 0 bridgehead atoms. The number of carboxylic acid groups (broad SMARTS) is 1. The maximum atomic E-state index is 10.7. The van der Waals surface area contributed by atoms with Gasteiger partial charge in [0.05, 0.1) is 12.7 Å². The summed E-state index contributed by atoms with van der Waals surface area (Å²) in [5.74, 6) is 0.223. The third-order valence-corrected chi connectivity index (χ3v) is 3.40. The highest BCUT2D eigenvalue weighted by atomic mass is 16.5. The van der Waals surface area contributed by atoms with Gasteiger partial charge in [0.25, 0.3) is 0 Å². The molecule has 1 aromatic carbocycles. The zero-order valence-corrected chi connectivity index (χ0v) is 12.2. The van der Waals surface area contributed by atoms with Crippen molar-refractivity contribution in [1.82, 2.24) is 15.0 Å². The number of aromatic nitrogens is 3. The second-order valence-corrected chi connectivity index (χ2v) is 4.87. The molecule has 1 N–H and O–H groups in total. The van der Waals surface area contributed by atoms with Gasteiger partial charge < -0.3 is 9.84 Å². The smallest absolute Gasteiger partial charge is 0.358 e. The first kappa shape index (κ1) is 15.0. The summed E-state index contributed by atoms with van der Waals surface area (Å²) in [5, 5.41) is 16.1. The monoisotopic (exact) mass is 289 g/mol. The van der Waals surface area contributed by atoms with Gasteiger partial charge in [0, 0.05) is 0 Å². The van der Waals surface area contributed by atoms with Crippen LogP contribution >= 0.6 is 0 Å². The Labute approximate surface area is 123 Å². The summed E-state index contributed by atoms with van der Waals surface area (Å²) in [4.78, 5) is 10.7. The van der Waals surface area contributed by atoms with Gasteiger partial charge in [-0.05, 0) is 24.0 Å². The molecule has 0 spiro atoms. The number of ether oxygens (including phenoxy) is 1. The van der Waals surface area contributed by atoms with Gasteiger partial charge in [0.1, 0.15) is 12.4 Å². The molecule has 0 aliphatic heterocycles. The number of rotatable bonds is 7. The second-order valence-electron chi connectivity index (χ2n) is 4.87. The first-order valence-electron chi connectivity index (χ1n) is 6.97. The Balaban J connectivity index is 1.95. The second kappa shape index (κ2) is 6.88. The normalized spacial score (nSPS) is 12.1. The fraction of sp³-hybridized carbons (Fsp3) is 0.400. The number of carboxylic acids is 1. The number of nitrogens with zero attached hydrogens (tertiary/aromatic N) is 3. The predicted octanol–water partition coefficient (Wildman–Crippen LogP) is 2.57. The Hall–Kier alpha value is -2.37. The van der Waals surface area contributed by atoms with E-state index in [9.17, 15) is 4.79 Å². The van der Waals surface area contributed by atoms with Gasteiger partial charge in [0.2, 0.25) is 0 Å². The molecule has 1 heterocycles. The summed E-state index contributed by atoms with van der Waals surface area (Å²) >= 11 is 0. The largest absolute Gasteiger partial charge is 0.491 e. The Kier molecular flexibility index (Phi) is 4.92. The van der Waals surface area contributed by atoms with Crippen LogP contribution in [0.15, 0.2) is 30.5 Å². The van der Waals surface area contributed by atoms with Crippen LogP contribution in [-0.4, -0.2) is 32.7 Å². The van der Waals surface area contributed by atoms with Gasteiger partial charge >= 0.3 is 5.97 Å². The van der Waals surface area contributed by atoms with Crippen LogP contribution in [0.3, 0.4) is 0 Å². The average Bonchev–Trinajstić information content (AvgIpc) is 2.96. The van der Waals surface area contributed by atoms with Crippen LogP contribution in [0, 0.1) is 0 Å². The topological polar surface area (TPSA) is 77.2 Å². The summed E-state index contributed by atoms with van der Waals surface area (Å²) in [5.41, 5.74) is 1.12. The van der Waals surface area contributed by atoms with Crippen molar-refractivity contribution in [2.24, 2.45) is 0 Å². The summed E-state index contributed by atoms with van der Waals surface area (Å²) in [6.45, 7) is 5.17. The molecule has 1 unspecified atom stereocenters. The molecule has 0 radical (unpaired) electrons. The Morgan fingerprint density at radius 3 is 2.86 bits per heavy atom. The molecule has 0 amide bonds. The SMILES string of the molecule is CCC(C)c1ccccc1OCCn1cc(C(=O)O)nn1. The van der Waals surface area contributed by atoms with Gasteiger partial charge in [-0.25, -0.2) is 9.48 Å². The number of hydrogen-bond donors (Lipinski definition) is 1. The third kappa shape index (κ3) is 3.81. The maximum absolute atomic E-state index is 10.7. The van der Waals surface area contributed by atoms with Gasteiger partial charge in [-0.2, -0.15) is 0 Å². The molecule has 1 atom stereocenters. The molecular formula is C15H19N3O3. The number of benzene rings is 1. The standard InChI is InChI=1S/C15H19N3O3/c1-3-11(2)12-6-4-5-7-14(12)21-9-8-18-10-13(15(19)20)16-17-18/h4-7,10-11H,3,8-9H2,1-2H3,(H,19,20). The average molecular weight is 289 g/mol. The lowest BCUT2D eigenvalue weighted by atomic mass is 9.98. The molecule has 112 valence electrons. The Morgan fingerprint density at radius 1 is 1.43 bits per heavy atom. The molecule has 2 rings (SSSR count). The quantitative estimate of drug-likeness (QED) is 0.847. The summed E-state index contributed by atoms with van der Waals surface area (Å²) in [6.07, 6.45) is 2.44. The molecule has 6 nitrogen and oxygen atoms in total. The molecular weight excluding hydrogens is 270 g/mol. The van der Waals surface area contributed by atoms with E-state index in [0.29, 0.717) is 19.1 Å². The van der Waals surface area contributed by atoms with Gasteiger partial charge in [-0.1, -0.05) is 37.3 Å². The van der Waals surface area contributed by atoms with Crippen LogP contribution in [0.25, 0.3) is 0 Å². The molecule has 0 saturated carbocycles. The van der Waals surface area contributed by atoms with Crippen LogP contribution in [0.4, 0.5) is 0 Å². The van der Waals surface area contributed by atoms with E-state index in [2.05, 4.69) is 30.2 Å². The van der Waals surface area contributed by atoms with E-state index >= 15 is 0 Å². The van der Waals surface area contributed by atoms with Gasteiger partial charge in [-0.3, -0.25) is 0 Å². The van der Waals surface area contributed by atoms with E-state index in [1.807, 2.05) is 18.2 Å². The molecule has 0 fully saturated rings. The predicted molar refractivity (Wildman–Crippen MR) is 77.6 cm³/mol. The lowest BCUT2D eigenvalue weighted by molar-refractivity contribution is 0.0690. The highest BCUT2D eigenvalue weighted by Gasteiger charge is 2.10. The van der Waals surface area contributed by atoms with Crippen molar-refractivity contribution in [2.45, 2.75) is 32.7 Å². The fourth-order valence-corrected chi connectivity index (χ4v) is 1.99. The number of para-hydroxylation sites is 1. The lowest BCUT2D eigenvalue weighted by Gasteiger charge is -2.15. The minimum absolute atomic E-state index is 0.0602. The summed E-state index contributed by atoms with van der Waals surface area (Å²) in [6, 6.07) is 7.97. The van der Waals surface area contributed by atoms with Crippen molar-refractivity contribution in [2.75, 3.05) is 6.61 Å². The Morgan fingerprint density at radius 2 is 2.19 bits per heavy atom. The zero-order valence-electron chi connectivity index (χ0n) is 12.2. The summed E-state index contributed by atoms with van der Waals surface area (Å²) in [7, 11) is 0. The Bertz CT molecular complexity index is 610. The third-order valence-electron chi connectivity index (χ3n) is 3.40. The van der Waals surface area contributed by atoms with Crippen molar-refractivity contribution >= 4 is 5.97 Å². The highest BCUT2D eigenvalue weighted by Crippen LogP contribution is 2.28. The van der Waals surface area contributed by atoms with Crippen molar-refractivity contribution in [3.63, 3.8) is 0 Å². The number of aromatic carboxylic acids is 1. The lowest BCUT2D eigenvalue weighted by Crippen LogP contribution is -2.10. The minimum atomic E-state index is -1.08. The molecule has 0 saturated heterocycles. The molecule has 0 aliphatic carbocycles. The molecule has 21 heavy (non-hydrogen) atoms. The fourth-order valence-electron chi connectivity index (χ4n) is 1.99. The van der Waals surface area contributed by atoms with Crippen molar-refractivity contribution in [3.05, 3.63) is 41.7 Å². The number of carbonyl (C=O) groups is 1. The van der Waals surface area contributed by atoms with Crippen LogP contribution in [0.1, 0.15) is 42.2 Å². The van der Waals surface area contributed by atoms with E-state index in [-0.39, 0.29) is 5.69 Å². The van der Waals surface area contributed by atoms with Crippen molar-refractivity contribution in [1.29, 1.82) is 0 Å². The highest BCUT2D eigenvalue weighted by molar-refractivity contribution is 5.84. The van der Waals surface area contributed by atoms with Crippen molar-refractivity contribution in [3.8, 4) is 5.75 Å². The van der Waals surface area contributed by atoms with Crippen LogP contribution in [0.5, 0.6) is 5.75 Å². The van der Waals surface area contributed by atoms with E-state index in [4.69, 9.17) is 9.84 Å². The molecule has 2 aromatic rings. The van der Waals surface area contributed by atoms with Gasteiger partial charge in [-0.15, -0.1) is 5.10 Å². The van der Waals surface area contributed by atoms with Crippen LogP contribution in [0.2, 0.25) is 0 Å². The van der Waals surface area contributed by atoms with Gasteiger partial charge in [0.15, 0.2) is 5.69 Å². The van der Waals surface area contributed by atoms with Crippen LogP contribution in [-0.2, 0) is 6.54 Å². The molecule has 6 heteroatoms.